The zero-order valence-corrected chi connectivity index (χ0v) is 17.8. The average molecular weight is 402 g/mol. The molecule has 0 amide bonds. The largest absolute Gasteiger partial charge is 0.497 e. The summed E-state index contributed by atoms with van der Waals surface area (Å²) in [6.45, 7) is 5.29. The van der Waals surface area contributed by atoms with Gasteiger partial charge in [0, 0.05) is 18.5 Å². The Labute approximate surface area is 170 Å². The summed E-state index contributed by atoms with van der Waals surface area (Å²) >= 11 is 1.44. The number of carbonyl (C=O) groups is 2. The number of carbonyl (C=O) groups excluding carboxylic acids is 2. The van der Waals surface area contributed by atoms with E-state index in [0.717, 1.165) is 17.1 Å². The van der Waals surface area contributed by atoms with E-state index in [9.17, 15) is 9.59 Å². The lowest BCUT2D eigenvalue weighted by Crippen LogP contribution is -2.41. The van der Waals surface area contributed by atoms with Crippen LogP contribution in [0, 0.1) is 0 Å². The highest BCUT2D eigenvalue weighted by atomic mass is 32.2. The molecule has 0 spiro atoms. The van der Waals surface area contributed by atoms with E-state index < -0.39 is 0 Å². The fraction of sp³-hybridized carbons (Fsp3) is 0.364. The Morgan fingerprint density at radius 2 is 1.79 bits per heavy atom. The number of thioether (sulfide) groups is 1. The van der Waals surface area contributed by atoms with Gasteiger partial charge in [-0.15, -0.1) is 11.8 Å². The van der Waals surface area contributed by atoms with Gasteiger partial charge in [-0.1, -0.05) is 12.1 Å². The molecule has 2 unspecified atom stereocenters. The molecular formula is C22H27NO4S. The molecule has 28 heavy (non-hydrogen) atoms. The second-order valence-corrected chi connectivity index (χ2v) is 7.51. The Bertz CT molecular complexity index is 820. The minimum absolute atomic E-state index is 0.00579. The monoisotopic (exact) mass is 401 g/mol. The summed E-state index contributed by atoms with van der Waals surface area (Å²) in [5.41, 5.74) is 1.77. The number of benzene rings is 2. The lowest BCUT2D eigenvalue weighted by Gasteiger charge is -2.20. The molecule has 0 aromatic heterocycles. The van der Waals surface area contributed by atoms with Gasteiger partial charge in [0.05, 0.1) is 18.0 Å². The molecule has 150 valence electrons. The van der Waals surface area contributed by atoms with Crippen molar-refractivity contribution in [2.24, 2.45) is 0 Å². The maximum Gasteiger partial charge on any atom is 0.308 e. The molecule has 2 aromatic rings. The number of methoxy groups -OCH3 is 1. The number of nitrogens with one attached hydrogen (secondary N) is 1. The first kappa shape index (κ1) is 22.0. The van der Waals surface area contributed by atoms with Crippen molar-refractivity contribution in [1.29, 1.82) is 0 Å². The molecule has 0 bridgehead atoms. The van der Waals surface area contributed by atoms with Crippen molar-refractivity contribution in [3.8, 4) is 11.5 Å². The number of esters is 1. The molecular weight excluding hydrogens is 374 g/mol. The first-order valence-corrected chi connectivity index (χ1v) is 10.4. The van der Waals surface area contributed by atoms with E-state index in [0.29, 0.717) is 11.3 Å². The van der Waals surface area contributed by atoms with E-state index in [2.05, 4.69) is 12.2 Å². The van der Waals surface area contributed by atoms with Crippen LogP contribution < -0.4 is 14.8 Å². The first-order chi connectivity index (χ1) is 13.3. The summed E-state index contributed by atoms with van der Waals surface area (Å²) in [6.07, 6.45) is 2.69. The Balaban J connectivity index is 2.01. The number of hydrogen-bond donors (Lipinski definition) is 1. The predicted molar refractivity (Wildman–Crippen MR) is 113 cm³/mol. The van der Waals surface area contributed by atoms with Crippen molar-refractivity contribution in [1.82, 2.24) is 5.32 Å². The van der Waals surface area contributed by atoms with Gasteiger partial charge in [0.15, 0.2) is 5.78 Å². The molecule has 0 heterocycles. The van der Waals surface area contributed by atoms with E-state index in [1.54, 1.807) is 25.3 Å². The number of ketones is 1. The van der Waals surface area contributed by atoms with E-state index in [4.69, 9.17) is 9.47 Å². The number of hydrogen-bond acceptors (Lipinski definition) is 6. The lowest BCUT2D eigenvalue weighted by atomic mass is 10.0. The highest BCUT2D eigenvalue weighted by molar-refractivity contribution is 7.98. The Morgan fingerprint density at radius 1 is 1.11 bits per heavy atom. The number of rotatable bonds is 9. The summed E-state index contributed by atoms with van der Waals surface area (Å²) < 4.78 is 10.4. The van der Waals surface area contributed by atoms with Gasteiger partial charge >= 0.3 is 5.97 Å². The molecule has 2 aromatic carbocycles. The summed E-state index contributed by atoms with van der Waals surface area (Å²) in [7, 11) is 1.65. The van der Waals surface area contributed by atoms with Crippen LogP contribution in [0.5, 0.6) is 11.5 Å². The molecule has 0 saturated heterocycles. The van der Waals surface area contributed by atoms with Crippen LogP contribution in [-0.4, -0.2) is 37.2 Å². The Hall–Kier alpha value is -2.31. The summed E-state index contributed by atoms with van der Waals surface area (Å²) in [5.74, 6) is 0.933. The van der Waals surface area contributed by atoms with Crippen LogP contribution in [0.25, 0.3) is 0 Å². The minimum atomic E-state index is -0.378. The molecule has 0 aliphatic rings. The van der Waals surface area contributed by atoms with Crippen LogP contribution in [0.3, 0.4) is 0 Å². The predicted octanol–water partition coefficient (Wildman–Crippen LogP) is 4.13. The van der Waals surface area contributed by atoms with E-state index in [-0.39, 0.29) is 23.8 Å². The highest BCUT2D eigenvalue weighted by Gasteiger charge is 2.19. The molecule has 0 fully saturated rings. The molecule has 0 aliphatic heterocycles. The van der Waals surface area contributed by atoms with Gasteiger partial charge in [0.1, 0.15) is 11.5 Å². The van der Waals surface area contributed by atoms with Crippen LogP contribution in [0.15, 0.2) is 47.4 Å². The van der Waals surface area contributed by atoms with Crippen molar-refractivity contribution in [2.75, 3.05) is 13.4 Å². The van der Waals surface area contributed by atoms with Gasteiger partial charge in [0.2, 0.25) is 0 Å². The minimum Gasteiger partial charge on any atom is -0.497 e. The molecule has 2 rings (SSSR count). The Morgan fingerprint density at radius 3 is 2.36 bits per heavy atom. The van der Waals surface area contributed by atoms with Crippen LogP contribution in [0.4, 0.5) is 0 Å². The van der Waals surface area contributed by atoms with Crippen LogP contribution in [0.2, 0.25) is 0 Å². The third kappa shape index (κ3) is 6.11. The molecule has 0 aliphatic carbocycles. The normalized spacial score (nSPS) is 12.9. The topological polar surface area (TPSA) is 64.6 Å². The number of ether oxygens (including phenoxy) is 2. The first-order valence-electron chi connectivity index (χ1n) is 9.13. The average Bonchev–Trinajstić information content (AvgIpc) is 2.67. The van der Waals surface area contributed by atoms with Gasteiger partial charge in [-0.2, -0.15) is 0 Å². The zero-order valence-electron chi connectivity index (χ0n) is 16.9. The van der Waals surface area contributed by atoms with Gasteiger partial charge < -0.3 is 14.8 Å². The van der Waals surface area contributed by atoms with Gasteiger partial charge in [-0.05, 0) is 62.4 Å². The maximum absolute atomic E-state index is 12.8. The SMILES string of the molecule is COc1ccc(CC(C)NC(C)C(=O)c2ccc(OC(C)=O)c(SC)c2)cc1. The van der Waals surface area contributed by atoms with E-state index in [1.165, 1.54) is 24.2 Å². The van der Waals surface area contributed by atoms with Crippen molar-refractivity contribution in [2.45, 2.75) is 44.2 Å². The second kappa shape index (κ2) is 10.3. The molecule has 2 atom stereocenters. The van der Waals surface area contributed by atoms with E-state index >= 15 is 0 Å². The summed E-state index contributed by atoms with van der Waals surface area (Å²) in [6, 6.07) is 12.9. The van der Waals surface area contributed by atoms with Crippen molar-refractivity contribution >= 4 is 23.5 Å². The lowest BCUT2D eigenvalue weighted by molar-refractivity contribution is -0.132. The van der Waals surface area contributed by atoms with Crippen molar-refractivity contribution < 1.29 is 19.1 Å². The molecule has 5 nitrogen and oxygen atoms in total. The fourth-order valence-corrected chi connectivity index (χ4v) is 3.54. The van der Waals surface area contributed by atoms with Gasteiger partial charge in [-0.3, -0.25) is 9.59 Å². The quantitative estimate of drug-likeness (QED) is 0.295. The molecule has 0 radical (unpaired) electrons. The fourth-order valence-electron chi connectivity index (χ4n) is 2.99. The third-order valence-corrected chi connectivity index (χ3v) is 5.09. The zero-order chi connectivity index (χ0) is 20.7. The third-order valence-electron chi connectivity index (χ3n) is 4.33. The summed E-state index contributed by atoms with van der Waals surface area (Å²) in [4.78, 5) is 24.8. The number of Topliss-reactive ketones (excluding diaryl/α,β-unsaturated/α-hetero) is 1. The van der Waals surface area contributed by atoms with Gasteiger partial charge in [-0.25, -0.2) is 0 Å². The van der Waals surface area contributed by atoms with Crippen LogP contribution >= 0.6 is 11.8 Å². The van der Waals surface area contributed by atoms with Crippen molar-refractivity contribution in [3.63, 3.8) is 0 Å². The van der Waals surface area contributed by atoms with Crippen LogP contribution in [0.1, 0.15) is 36.7 Å². The standard InChI is InChI=1S/C22H27NO4S/c1-14(12-17-6-9-19(26-4)10-7-17)23-15(2)22(25)18-8-11-20(27-16(3)24)21(13-18)28-5/h6-11,13-15,23H,12H2,1-5H3. The molecule has 1 N–H and O–H groups in total. The maximum atomic E-state index is 12.8. The second-order valence-electron chi connectivity index (χ2n) is 6.67. The highest BCUT2D eigenvalue weighted by Crippen LogP contribution is 2.29. The molecule has 0 saturated carbocycles. The Kier molecular flexibility index (Phi) is 8.08. The van der Waals surface area contributed by atoms with E-state index in [1.807, 2.05) is 37.4 Å². The smallest absolute Gasteiger partial charge is 0.308 e. The molecule has 6 heteroatoms. The van der Waals surface area contributed by atoms with Gasteiger partial charge in [0.25, 0.3) is 0 Å². The van der Waals surface area contributed by atoms with Crippen molar-refractivity contribution in [3.05, 3.63) is 53.6 Å². The summed E-state index contributed by atoms with van der Waals surface area (Å²) in [5, 5.41) is 3.37. The van der Waals surface area contributed by atoms with Crippen LogP contribution in [-0.2, 0) is 11.2 Å².